The Bertz CT molecular complexity index is 7360. The molecular weight excluding hydrogens is 1550 g/mol. The Kier molecular flexibility index (Phi) is 22.0. The lowest BCUT2D eigenvalue weighted by Gasteiger charge is -2.16. The molecule has 0 unspecified atom stereocenters. The van der Waals surface area contributed by atoms with E-state index in [0.717, 1.165) is 157 Å². The number of hydrogen-bond acceptors (Lipinski definition) is 5. The van der Waals surface area contributed by atoms with Crippen LogP contribution in [0, 0.1) is 23.7 Å². The summed E-state index contributed by atoms with van der Waals surface area (Å²) in [7, 11) is 0. The molecule has 3 aliphatic carbocycles. The van der Waals surface area contributed by atoms with Crippen molar-refractivity contribution in [2.75, 3.05) is 0 Å². The molecule has 0 saturated heterocycles. The van der Waals surface area contributed by atoms with E-state index in [1.54, 1.807) is 0 Å². The molecule has 20 rings (SSSR count). The Hall–Kier alpha value is -17.1. The van der Waals surface area contributed by atoms with Crippen LogP contribution in [0.3, 0.4) is 0 Å². The summed E-state index contributed by atoms with van der Waals surface area (Å²) in [6, 6.07) is 154. The van der Waals surface area contributed by atoms with Crippen molar-refractivity contribution >= 4 is 84.2 Å². The smallest absolute Gasteiger partial charge is 0.195 e. The van der Waals surface area contributed by atoms with Gasteiger partial charge in [0.05, 0.1) is 0 Å². The van der Waals surface area contributed by atoms with E-state index in [-0.39, 0.29) is 17.3 Å². The first-order valence-electron chi connectivity index (χ1n) is 42.6. The van der Waals surface area contributed by atoms with Crippen LogP contribution in [0.15, 0.2) is 461 Å². The first-order chi connectivity index (χ1) is 62.7. The quantitative estimate of drug-likeness (QED) is 0.0711. The van der Waals surface area contributed by atoms with Crippen LogP contribution < -0.4 is 9.47 Å². The average molecular weight is 1620 g/mol. The van der Waals surface area contributed by atoms with Crippen molar-refractivity contribution in [3.05, 3.63) is 561 Å². The number of hydrogen-bond donors (Lipinski definition) is 0. The fourth-order valence-electron chi connectivity index (χ4n) is 17.3. The molecule has 0 saturated carbocycles. The Morgan fingerprint density at radius 1 is 0.142 bits per heavy atom. The molecule has 3 aliphatic rings. The number of carbonyl (C=O) groups excluding carboxylic acids is 3. The van der Waals surface area contributed by atoms with E-state index in [4.69, 9.17) is 9.47 Å². The maximum absolute atomic E-state index is 16.0. The van der Waals surface area contributed by atoms with Gasteiger partial charge in [0, 0.05) is 89.1 Å². The van der Waals surface area contributed by atoms with Crippen molar-refractivity contribution in [1.29, 1.82) is 0 Å². The average Bonchev–Trinajstić information content (AvgIpc) is 1.59. The monoisotopic (exact) mass is 1620 g/mol. The molecule has 17 aromatic rings. The molecule has 0 N–H and O–H groups in total. The fourth-order valence-corrected chi connectivity index (χ4v) is 17.3. The van der Waals surface area contributed by atoms with E-state index < -0.39 is 0 Å². The van der Waals surface area contributed by atoms with Gasteiger partial charge >= 0.3 is 0 Å². The lowest BCUT2D eigenvalue weighted by atomic mass is 9.88. The highest BCUT2D eigenvalue weighted by atomic mass is 16.5. The van der Waals surface area contributed by atoms with Crippen LogP contribution >= 0.6 is 0 Å². The predicted octanol–water partition coefficient (Wildman–Crippen LogP) is 28.3. The molecule has 17 aromatic carbocycles. The normalized spacial score (nSPS) is 13.1. The van der Waals surface area contributed by atoms with E-state index in [2.05, 4.69) is 169 Å². The second-order valence-electron chi connectivity index (χ2n) is 31.5. The predicted molar refractivity (Wildman–Crippen MR) is 518 cm³/mol. The highest BCUT2D eigenvalue weighted by Crippen LogP contribution is 2.54. The fraction of sp³-hybridized carbons (Fsp3) is 0.00820. The maximum atomic E-state index is 16.0. The van der Waals surface area contributed by atoms with Gasteiger partial charge in [-0.3, -0.25) is 14.4 Å². The molecule has 0 aromatic heterocycles. The largest absolute Gasteiger partial charge is 0.457 e. The SMILES string of the molecule is O=C1C(c2ccc(C#Cc3ccccc3)cc2)=C(c2ccc(C#Cc3ccccc3)cc2)C(c2ccc(Oc3ccc(C4=C(c5ccccc5)C(=O)C(c5ccc(Cc6ccccc6)cc5)=C4c4ccc(Oc5ccc(C6=C(c7ccc(-c8ccccc8)cc7)C(=O)C(c7ccccc7)=C6c6ccc(-c7ccccc7)cc6)cc5)cc4)cc3)cc2)=C1c1ccccc1. The lowest BCUT2D eigenvalue weighted by Crippen LogP contribution is -2.02. The Morgan fingerprint density at radius 3 is 0.551 bits per heavy atom. The van der Waals surface area contributed by atoms with E-state index in [1.807, 2.05) is 315 Å². The van der Waals surface area contributed by atoms with Gasteiger partial charge in [0.15, 0.2) is 17.3 Å². The molecule has 127 heavy (non-hydrogen) atoms. The number of ether oxygens (including phenoxy) is 2. The van der Waals surface area contributed by atoms with Gasteiger partial charge in [0.1, 0.15) is 23.0 Å². The number of carbonyl (C=O) groups is 3. The van der Waals surface area contributed by atoms with Crippen LogP contribution in [0.4, 0.5) is 0 Å². The summed E-state index contributed by atoms with van der Waals surface area (Å²) in [5.41, 5.74) is 28.5. The van der Waals surface area contributed by atoms with Crippen LogP contribution in [0.2, 0.25) is 0 Å². The topological polar surface area (TPSA) is 69.7 Å². The Balaban J connectivity index is 0.637. The highest BCUT2D eigenvalue weighted by Gasteiger charge is 2.39. The summed E-state index contributed by atoms with van der Waals surface area (Å²) < 4.78 is 13.6. The summed E-state index contributed by atoms with van der Waals surface area (Å²) in [4.78, 5) is 47.3. The maximum Gasteiger partial charge on any atom is 0.195 e. The van der Waals surface area contributed by atoms with Gasteiger partial charge in [0.2, 0.25) is 0 Å². The number of allylic oxidation sites excluding steroid dienone is 12. The summed E-state index contributed by atoms with van der Waals surface area (Å²) in [6.07, 6.45) is 0.737. The number of rotatable bonds is 20. The summed E-state index contributed by atoms with van der Waals surface area (Å²) >= 11 is 0. The minimum Gasteiger partial charge on any atom is -0.457 e. The molecule has 5 nitrogen and oxygen atoms in total. The lowest BCUT2D eigenvalue weighted by molar-refractivity contribution is -0.109. The van der Waals surface area contributed by atoms with Gasteiger partial charge < -0.3 is 9.47 Å². The minimum atomic E-state index is -0.0931. The van der Waals surface area contributed by atoms with Gasteiger partial charge in [-0.05, 0) is 204 Å². The third-order valence-corrected chi connectivity index (χ3v) is 23.5. The van der Waals surface area contributed by atoms with Crippen LogP contribution in [0.1, 0.15) is 100 Å². The molecule has 5 heteroatoms. The van der Waals surface area contributed by atoms with Crippen molar-refractivity contribution in [2.45, 2.75) is 6.42 Å². The third kappa shape index (κ3) is 16.5. The summed E-state index contributed by atoms with van der Waals surface area (Å²) in [6.45, 7) is 0. The molecule has 0 radical (unpaired) electrons. The van der Waals surface area contributed by atoms with Crippen LogP contribution in [-0.2, 0) is 20.8 Å². The van der Waals surface area contributed by atoms with Gasteiger partial charge in [-0.2, -0.15) is 0 Å². The number of benzene rings is 17. The number of Topliss-reactive ketones (excluding diaryl/α,β-unsaturated/α-hetero) is 3. The van der Waals surface area contributed by atoms with Gasteiger partial charge in [-0.15, -0.1) is 0 Å². The summed E-state index contributed by atoms with van der Waals surface area (Å²) in [5, 5.41) is 0. The van der Waals surface area contributed by atoms with Crippen molar-refractivity contribution in [2.24, 2.45) is 0 Å². The molecule has 0 bridgehead atoms. The van der Waals surface area contributed by atoms with Gasteiger partial charge in [-0.25, -0.2) is 0 Å². The number of ketones is 3. The molecule has 0 aliphatic heterocycles. The Morgan fingerprint density at radius 2 is 0.299 bits per heavy atom. The van der Waals surface area contributed by atoms with Crippen molar-refractivity contribution in [3.8, 4) is 68.9 Å². The molecule has 0 spiro atoms. The van der Waals surface area contributed by atoms with E-state index in [0.29, 0.717) is 56.4 Å². The van der Waals surface area contributed by atoms with Crippen molar-refractivity contribution in [1.82, 2.24) is 0 Å². The zero-order valence-electron chi connectivity index (χ0n) is 69.1. The molecular formula is C122H78O5. The van der Waals surface area contributed by atoms with Crippen LogP contribution in [0.5, 0.6) is 23.0 Å². The van der Waals surface area contributed by atoms with Crippen LogP contribution in [0.25, 0.3) is 89.1 Å². The molecule has 0 fully saturated rings. The minimum absolute atomic E-state index is 0.0496. The van der Waals surface area contributed by atoms with E-state index in [1.165, 1.54) is 5.56 Å². The van der Waals surface area contributed by atoms with Crippen LogP contribution in [-0.4, -0.2) is 17.3 Å². The molecule has 0 heterocycles. The Labute approximate surface area is 739 Å². The van der Waals surface area contributed by atoms with Gasteiger partial charge in [-0.1, -0.05) is 388 Å². The second-order valence-corrected chi connectivity index (χ2v) is 31.5. The zero-order chi connectivity index (χ0) is 85.4. The van der Waals surface area contributed by atoms with Crippen molar-refractivity contribution in [3.63, 3.8) is 0 Å². The standard InChI is InChI=1S/C122H78O5/c123-120-115(93-37-21-7-22-38-93)110(108(95-51-45-84(46-52-95)43-41-82-25-9-1-10-26-82)117(120)101-53-47-85(48-54-101)44-42-83-27-11-2-12-28-83)97-65-73-104(74-66-97)126-105-75-67-98(68-76-105)111-113(118(121(124)116(111)94-39-23-8-24-40-94)102-55-49-87(50-56-102)81-86-29-13-3-14-30-86)100-71-79-107(80-72-100)127-106-77-69-99(70-78-106)112-109(96-61-57-90(58-62-96)88-31-15-4-16-32-88)114(92-35-19-6-20-36-92)122(125)119(112)103-63-59-91(60-64-103)89-33-17-5-18-34-89/h1-40,45-80H,81H2. The first-order valence-corrected chi connectivity index (χ1v) is 42.6. The summed E-state index contributed by atoms with van der Waals surface area (Å²) in [5.74, 6) is 15.4. The molecule has 0 atom stereocenters. The van der Waals surface area contributed by atoms with E-state index >= 15 is 14.4 Å². The highest BCUT2D eigenvalue weighted by molar-refractivity contribution is 6.61. The zero-order valence-corrected chi connectivity index (χ0v) is 69.1. The molecule has 0 amide bonds. The van der Waals surface area contributed by atoms with E-state index in [9.17, 15) is 0 Å². The molecule has 596 valence electrons. The second kappa shape index (κ2) is 35.5. The third-order valence-electron chi connectivity index (χ3n) is 23.5. The van der Waals surface area contributed by atoms with Gasteiger partial charge in [0.25, 0.3) is 0 Å². The van der Waals surface area contributed by atoms with Crippen molar-refractivity contribution < 1.29 is 23.9 Å². The first kappa shape index (κ1) is 78.5.